The standard InChI is InChI=1S/C14H14N4O2/c1-3-13-16-11-5-4-9(14(19)20)6-12(11)18(13)10-7-15-17(2)8-10/h4-8H,3H2,1-2H3,(H,19,20). The van der Waals surface area contributed by atoms with Crippen molar-refractivity contribution in [2.24, 2.45) is 7.05 Å². The lowest BCUT2D eigenvalue weighted by atomic mass is 10.2. The topological polar surface area (TPSA) is 72.9 Å². The molecule has 3 rings (SSSR count). The van der Waals surface area contributed by atoms with Gasteiger partial charge in [0.2, 0.25) is 0 Å². The Balaban J connectivity index is 2.31. The predicted molar refractivity (Wildman–Crippen MR) is 74.2 cm³/mol. The highest BCUT2D eigenvalue weighted by atomic mass is 16.4. The summed E-state index contributed by atoms with van der Waals surface area (Å²) in [5.74, 6) is -0.0561. The third-order valence-electron chi connectivity index (χ3n) is 3.24. The summed E-state index contributed by atoms with van der Waals surface area (Å²) in [5, 5.41) is 13.3. The van der Waals surface area contributed by atoms with Crippen molar-refractivity contribution in [1.82, 2.24) is 19.3 Å². The lowest BCUT2D eigenvalue weighted by Crippen LogP contribution is -2.00. The highest BCUT2D eigenvalue weighted by molar-refractivity contribution is 5.93. The maximum Gasteiger partial charge on any atom is 0.335 e. The molecule has 0 unspecified atom stereocenters. The van der Waals surface area contributed by atoms with Crippen LogP contribution in [0.2, 0.25) is 0 Å². The zero-order chi connectivity index (χ0) is 14.3. The summed E-state index contributed by atoms with van der Waals surface area (Å²) in [6.07, 6.45) is 4.38. The monoisotopic (exact) mass is 270 g/mol. The summed E-state index contributed by atoms with van der Waals surface area (Å²) in [7, 11) is 1.84. The first-order valence-electron chi connectivity index (χ1n) is 6.34. The van der Waals surface area contributed by atoms with E-state index in [1.54, 1.807) is 29.1 Å². The second kappa shape index (κ2) is 4.48. The summed E-state index contributed by atoms with van der Waals surface area (Å²) in [6, 6.07) is 4.96. The van der Waals surface area contributed by atoms with Crippen molar-refractivity contribution in [1.29, 1.82) is 0 Å². The van der Waals surface area contributed by atoms with Crippen molar-refractivity contribution < 1.29 is 9.90 Å². The number of hydrogen-bond acceptors (Lipinski definition) is 3. The Kier molecular flexibility index (Phi) is 2.78. The van der Waals surface area contributed by atoms with Gasteiger partial charge in [-0.2, -0.15) is 5.10 Å². The first kappa shape index (κ1) is 12.4. The first-order valence-corrected chi connectivity index (χ1v) is 6.34. The Bertz CT molecular complexity index is 801. The number of aromatic nitrogens is 4. The maximum absolute atomic E-state index is 11.1. The van der Waals surface area contributed by atoms with Gasteiger partial charge < -0.3 is 5.11 Å². The van der Waals surface area contributed by atoms with E-state index in [1.165, 1.54) is 0 Å². The van der Waals surface area contributed by atoms with Gasteiger partial charge in [-0.1, -0.05) is 6.92 Å². The normalized spacial score (nSPS) is 11.1. The number of aryl methyl sites for hydroxylation is 2. The van der Waals surface area contributed by atoms with Crippen molar-refractivity contribution in [3.05, 3.63) is 42.0 Å². The number of rotatable bonds is 3. The van der Waals surface area contributed by atoms with Crippen LogP contribution in [0.4, 0.5) is 0 Å². The molecule has 0 aliphatic rings. The van der Waals surface area contributed by atoms with Gasteiger partial charge in [-0.3, -0.25) is 9.25 Å². The fourth-order valence-corrected chi connectivity index (χ4v) is 2.31. The second-order valence-corrected chi connectivity index (χ2v) is 4.60. The third-order valence-corrected chi connectivity index (χ3v) is 3.24. The highest BCUT2D eigenvalue weighted by Gasteiger charge is 2.14. The number of carbonyl (C=O) groups is 1. The van der Waals surface area contributed by atoms with Crippen LogP contribution >= 0.6 is 0 Å². The van der Waals surface area contributed by atoms with Gasteiger partial charge in [0, 0.05) is 19.7 Å². The fraction of sp³-hybridized carbons (Fsp3) is 0.214. The molecule has 1 aromatic carbocycles. The SMILES string of the molecule is CCc1nc2ccc(C(=O)O)cc2n1-c1cnn(C)c1. The molecule has 0 aliphatic heterocycles. The molecule has 0 saturated heterocycles. The second-order valence-electron chi connectivity index (χ2n) is 4.60. The zero-order valence-electron chi connectivity index (χ0n) is 11.2. The van der Waals surface area contributed by atoms with E-state index >= 15 is 0 Å². The average Bonchev–Trinajstić information content (AvgIpc) is 3.00. The van der Waals surface area contributed by atoms with Gasteiger partial charge in [0.05, 0.1) is 28.5 Å². The van der Waals surface area contributed by atoms with Crippen LogP contribution in [0.5, 0.6) is 0 Å². The summed E-state index contributed by atoms with van der Waals surface area (Å²) in [4.78, 5) is 15.7. The Morgan fingerprint density at radius 1 is 1.40 bits per heavy atom. The fourth-order valence-electron chi connectivity index (χ4n) is 2.31. The third kappa shape index (κ3) is 1.85. The summed E-state index contributed by atoms with van der Waals surface area (Å²) in [5.41, 5.74) is 2.71. The molecule has 0 radical (unpaired) electrons. The number of benzene rings is 1. The lowest BCUT2D eigenvalue weighted by Gasteiger charge is -2.05. The summed E-state index contributed by atoms with van der Waals surface area (Å²) >= 11 is 0. The number of nitrogens with zero attached hydrogens (tertiary/aromatic N) is 4. The summed E-state index contributed by atoms with van der Waals surface area (Å²) in [6.45, 7) is 2.02. The molecule has 0 amide bonds. The van der Waals surface area contributed by atoms with E-state index in [2.05, 4.69) is 10.1 Å². The number of fused-ring (bicyclic) bond motifs is 1. The van der Waals surface area contributed by atoms with Crippen molar-refractivity contribution >= 4 is 17.0 Å². The minimum absolute atomic E-state index is 0.255. The van der Waals surface area contributed by atoms with E-state index in [0.29, 0.717) is 0 Å². The predicted octanol–water partition coefficient (Wildman–Crippen LogP) is 2.02. The molecule has 102 valence electrons. The molecule has 6 nitrogen and oxygen atoms in total. The number of hydrogen-bond donors (Lipinski definition) is 1. The van der Waals surface area contributed by atoms with E-state index in [-0.39, 0.29) is 5.56 Å². The molecular formula is C14H14N4O2. The molecule has 0 bridgehead atoms. The maximum atomic E-state index is 11.1. The van der Waals surface area contributed by atoms with E-state index < -0.39 is 5.97 Å². The van der Waals surface area contributed by atoms with Crippen molar-refractivity contribution in [2.75, 3.05) is 0 Å². The quantitative estimate of drug-likeness (QED) is 0.790. The number of aromatic carboxylic acids is 1. The van der Waals surface area contributed by atoms with Crippen LogP contribution in [-0.2, 0) is 13.5 Å². The zero-order valence-corrected chi connectivity index (χ0v) is 11.2. The van der Waals surface area contributed by atoms with Crippen LogP contribution in [0.1, 0.15) is 23.1 Å². The molecule has 0 atom stereocenters. The number of imidazole rings is 1. The van der Waals surface area contributed by atoms with E-state index in [4.69, 9.17) is 5.11 Å². The average molecular weight is 270 g/mol. The van der Waals surface area contributed by atoms with Crippen molar-refractivity contribution in [3.8, 4) is 5.69 Å². The molecule has 6 heteroatoms. The van der Waals surface area contributed by atoms with Gasteiger partial charge in [0.15, 0.2) is 0 Å². The minimum Gasteiger partial charge on any atom is -0.478 e. The number of carboxylic acids is 1. The molecule has 0 saturated carbocycles. The van der Waals surface area contributed by atoms with Crippen LogP contribution < -0.4 is 0 Å². The first-order chi connectivity index (χ1) is 9.60. The molecule has 0 spiro atoms. The highest BCUT2D eigenvalue weighted by Crippen LogP contribution is 2.23. The van der Waals surface area contributed by atoms with Gasteiger partial charge in [0.25, 0.3) is 0 Å². The molecular weight excluding hydrogens is 256 g/mol. The molecule has 2 aromatic heterocycles. The molecule has 20 heavy (non-hydrogen) atoms. The molecule has 1 N–H and O–H groups in total. The Morgan fingerprint density at radius 3 is 2.80 bits per heavy atom. The van der Waals surface area contributed by atoms with E-state index in [1.807, 2.05) is 24.7 Å². The van der Waals surface area contributed by atoms with Crippen LogP contribution in [0.3, 0.4) is 0 Å². The lowest BCUT2D eigenvalue weighted by molar-refractivity contribution is 0.0697. The van der Waals surface area contributed by atoms with E-state index in [0.717, 1.165) is 29.0 Å². The van der Waals surface area contributed by atoms with Gasteiger partial charge in [-0.05, 0) is 18.2 Å². The Morgan fingerprint density at radius 2 is 2.20 bits per heavy atom. The van der Waals surface area contributed by atoms with Crippen molar-refractivity contribution in [2.45, 2.75) is 13.3 Å². The molecule has 3 aromatic rings. The van der Waals surface area contributed by atoms with Gasteiger partial charge in [-0.25, -0.2) is 9.78 Å². The minimum atomic E-state index is -0.941. The van der Waals surface area contributed by atoms with Crippen LogP contribution in [0.15, 0.2) is 30.6 Å². The van der Waals surface area contributed by atoms with Gasteiger partial charge in [0.1, 0.15) is 5.82 Å². The van der Waals surface area contributed by atoms with Gasteiger partial charge in [-0.15, -0.1) is 0 Å². The molecule has 2 heterocycles. The Hall–Kier alpha value is -2.63. The largest absolute Gasteiger partial charge is 0.478 e. The summed E-state index contributed by atoms with van der Waals surface area (Å²) < 4.78 is 3.66. The van der Waals surface area contributed by atoms with Crippen LogP contribution in [0.25, 0.3) is 16.7 Å². The molecule has 0 aliphatic carbocycles. The van der Waals surface area contributed by atoms with E-state index in [9.17, 15) is 4.79 Å². The smallest absolute Gasteiger partial charge is 0.335 e. The van der Waals surface area contributed by atoms with Crippen LogP contribution in [-0.4, -0.2) is 30.4 Å². The van der Waals surface area contributed by atoms with Gasteiger partial charge >= 0.3 is 5.97 Å². The number of carboxylic acid groups (broad SMARTS) is 1. The Labute approximate surface area is 115 Å². The van der Waals surface area contributed by atoms with Crippen LogP contribution in [0, 0.1) is 0 Å². The van der Waals surface area contributed by atoms with Crippen molar-refractivity contribution in [3.63, 3.8) is 0 Å². The molecule has 0 fully saturated rings.